The lowest BCUT2D eigenvalue weighted by Crippen LogP contribution is -2.56. The Hall–Kier alpha value is -1.09. The first-order chi connectivity index (χ1) is 5.29. The summed E-state index contributed by atoms with van der Waals surface area (Å²) in [5.74, 6) is 0.0119. The van der Waals surface area contributed by atoms with Crippen molar-refractivity contribution in [3.8, 4) is 0 Å². The molecule has 1 aliphatic heterocycles. The Balaban J connectivity index is 2.31. The van der Waals surface area contributed by atoms with E-state index in [1.165, 1.54) is 5.57 Å². The summed E-state index contributed by atoms with van der Waals surface area (Å²) in [4.78, 5) is 10.5. The van der Waals surface area contributed by atoms with Gasteiger partial charge < -0.3 is 5.32 Å². The lowest BCUT2D eigenvalue weighted by atomic mass is 10.1. The molecule has 0 saturated carbocycles. The Morgan fingerprint density at radius 3 is 3.09 bits per heavy atom. The summed E-state index contributed by atoms with van der Waals surface area (Å²) in [6, 6.07) is 0. The fraction of sp³-hybridized carbons (Fsp3) is 0.375. The Morgan fingerprint density at radius 2 is 2.55 bits per heavy atom. The normalized spacial score (nSPS) is 15.5. The van der Waals surface area contributed by atoms with E-state index in [9.17, 15) is 4.79 Å². The van der Waals surface area contributed by atoms with Gasteiger partial charge >= 0.3 is 5.91 Å². The summed E-state index contributed by atoms with van der Waals surface area (Å²) in [5.41, 5.74) is 4.54. The zero-order chi connectivity index (χ0) is 8.10. The first-order valence-electron chi connectivity index (χ1n) is 3.73. The van der Waals surface area contributed by atoms with Crippen molar-refractivity contribution in [2.24, 2.45) is 0 Å². The quantitative estimate of drug-likeness (QED) is 0.578. The van der Waals surface area contributed by atoms with Crippen LogP contribution >= 0.6 is 0 Å². The molecule has 0 atom stereocenters. The average Bonchev–Trinajstić information content (AvgIpc) is 2.03. The van der Waals surface area contributed by atoms with E-state index in [1.54, 1.807) is 0 Å². The van der Waals surface area contributed by atoms with Gasteiger partial charge in [0.1, 0.15) is 0 Å². The second kappa shape index (κ2) is 3.93. The Labute approximate surface area is 66.0 Å². The average molecular weight is 153 g/mol. The lowest BCUT2D eigenvalue weighted by molar-refractivity contribution is -0.305. The van der Waals surface area contributed by atoms with Crippen LogP contribution in [-0.4, -0.2) is 12.5 Å². The van der Waals surface area contributed by atoms with Crippen LogP contribution in [0.15, 0.2) is 23.9 Å². The van der Waals surface area contributed by atoms with Gasteiger partial charge in [-0.1, -0.05) is 6.08 Å². The highest BCUT2D eigenvalue weighted by atomic mass is 16.1. The minimum absolute atomic E-state index is 0.0119. The van der Waals surface area contributed by atoms with Gasteiger partial charge in [-0.2, -0.15) is 0 Å². The molecule has 0 bridgehead atoms. The molecule has 11 heavy (non-hydrogen) atoms. The molecule has 3 nitrogen and oxygen atoms in total. The van der Waals surface area contributed by atoms with E-state index < -0.39 is 0 Å². The molecular weight excluding hydrogens is 140 g/mol. The number of carbonyl (C=O) groups is 1. The largest absolute Gasteiger partial charge is 0.387 e. The highest BCUT2D eigenvalue weighted by Gasteiger charge is 2.01. The Morgan fingerprint density at radius 1 is 1.73 bits per heavy atom. The van der Waals surface area contributed by atoms with Crippen molar-refractivity contribution in [1.82, 2.24) is 5.32 Å². The van der Waals surface area contributed by atoms with Crippen molar-refractivity contribution < 1.29 is 10.5 Å². The van der Waals surface area contributed by atoms with Crippen molar-refractivity contribution in [3.05, 3.63) is 23.9 Å². The molecule has 3 heteroatoms. The summed E-state index contributed by atoms with van der Waals surface area (Å²) < 4.78 is 0. The van der Waals surface area contributed by atoms with E-state index in [0.29, 0.717) is 6.42 Å². The molecule has 1 aliphatic rings. The van der Waals surface area contributed by atoms with E-state index in [0.717, 1.165) is 13.0 Å². The second-order valence-electron chi connectivity index (χ2n) is 2.56. The van der Waals surface area contributed by atoms with Gasteiger partial charge in [-0.15, -0.1) is 0 Å². The molecule has 0 aromatic rings. The van der Waals surface area contributed by atoms with Gasteiger partial charge in [-0.25, -0.2) is 4.79 Å². The summed E-state index contributed by atoms with van der Waals surface area (Å²) in [6.45, 7) is 0.872. The van der Waals surface area contributed by atoms with Crippen molar-refractivity contribution in [2.45, 2.75) is 12.8 Å². The molecule has 0 saturated heterocycles. The molecule has 1 rings (SSSR count). The van der Waals surface area contributed by atoms with Crippen LogP contribution < -0.4 is 11.1 Å². The highest BCUT2D eigenvalue weighted by molar-refractivity contribution is 5.64. The minimum atomic E-state index is 0.0119. The fourth-order valence-electron chi connectivity index (χ4n) is 0.961. The van der Waals surface area contributed by atoms with Gasteiger partial charge in [0.2, 0.25) is 0 Å². The third-order valence-corrected chi connectivity index (χ3v) is 1.59. The maximum atomic E-state index is 10.5. The van der Waals surface area contributed by atoms with E-state index in [4.69, 9.17) is 0 Å². The summed E-state index contributed by atoms with van der Waals surface area (Å²) in [5, 5.41) is 3.04. The second-order valence-corrected chi connectivity index (χ2v) is 2.56. The molecule has 0 unspecified atom stereocenters. The number of quaternary nitrogens is 1. The number of amides is 1. The summed E-state index contributed by atoms with van der Waals surface area (Å²) in [7, 11) is 0. The van der Waals surface area contributed by atoms with Gasteiger partial charge in [-0.05, 0) is 24.3 Å². The van der Waals surface area contributed by atoms with E-state index in [1.807, 2.05) is 12.3 Å². The van der Waals surface area contributed by atoms with E-state index in [2.05, 4.69) is 17.1 Å². The monoisotopic (exact) mass is 153 g/mol. The Kier molecular flexibility index (Phi) is 2.86. The minimum Gasteiger partial charge on any atom is -0.387 e. The smallest absolute Gasteiger partial charge is 0.309 e. The molecule has 0 radical (unpaired) electrons. The van der Waals surface area contributed by atoms with Gasteiger partial charge in [0.15, 0.2) is 0 Å². The number of hydrogen-bond acceptors (Lipinski definition) is 2. The fourth-order valence-corrected chi connectivity index (χ4v) is 0.961. The number of hydrogen-bond donors (Lipinski definition) is 2. The SMILES string of the molecule is [NH3+]C(=O)CCC1=CCNC=C1. The maximum absolute atomic E-state index is 10.5. The van der Waals surface area contributed by atoms with Crippen molar-refractivity contribution in [2.75, 3.05) is 6.54 Å². The van der Waals surface area contributed by atoms with Crippen LogP contribution in [0.2, 0.25) is 0 Å². The highest BCUT2D eigenvalue weighted by Crippen LogP contribution is 2.07. The van der Waals surface area contributed by atoms with Crippen LogP contribution in [0.3, 0.4) is 0 Å². The third kappa shape index (κ3) is 3.00. The molecular formula is C8H13N2O+. The molecule has 0 aromatic heterocycles. The summed E-state index contributed by atoms with van der Waals surface area (Å²) >= 11 is 0. The van der Waals surface area contributed by atoms with Crippen LogP contribution in [0.4, 0.5) is 0 Å². The molecule has 0 fully saturated rings. The van der Waals surface area contributed by atoms with Crippen LogP contribution in [0.25, 0.3) is 0 Å². The van der Waals surface area contributed by atoms with Crippen LogP contribution in [0.1, 0.15) is 12.8 Å². The zero-order valence-corrected chi connectivity index (χ0v) is 6.47. The maximum Gasteiger partial charge on any atom is 0.309 e. The Bertz CT molecular complexity index is 206. The van der Waals surface area contributed by atoms with Gasteiger partial charge in [0, 0.05) is 6.54 Å². The third-order valence-electron chi connectivity index (χ3n) is 1.59. The first-order valence-corrected chi connectivity index (χ1v) is 3.73. The molecule has 0 aromatic carbocycles. The van der Waals surface area contributed by atoms with Crippen molar-refractivity contribution in [3.63, 3.8) is 0 Å². The predicted molar refractivity (Wildman–Crippen MR) is 42.4 cm³/mol. The standard InChI is InChI=1S/C8H12N2O/c9-8(11)2-1-7-3-5-10-6-4-7/h3-5,10H,1-2,6H2,(H2,9,11)/p+1. The zero-order valence-electron chi connectivity index (χ0n) is 6.47. The van der Waals surface area contributed by atoms with Crippen LogP contribution in [0, 0.1) is 0 Å². The number of nitrogens with one attached hydrogen (secondary N) is 1. The van der Waals surface area contributed by atoms with Gasteiger partial charge in [0.25, 0.3) is 0 Å². The molecule has 0 spiro atoms. The van der Waals surface area contributed by atoms with Crippen molar-refractivity contribution >= 4 is 5.91 Å². The van der Waals surface area contributed by atoms with Crippen LogP contribution in [-0.2, 0) is 4.79 Å². The molecule has 60 valence electrons. The summed E-state index contributed by atoms with van der Waals surface area (Å²) in [6.07, 6.45) is 7.36. The van der Waals surface area contributed by atoms with E-state index in [-0.39, 0.29) is 5.91 Å². The van der Waals surface area contributed by atoms with Gasteiger partial charge in [0.05, 0.1) is 6.42 Å². The number of allylic oxidation sites excluding steroid dienone is 2. The topological polar surface area (TPSA) is 56.7 Å². The first kappa shape index (κ1) is 8.01. The molecule has 1 heterocycles. The lowest BCUT2D eigenvalue weighted by Gasteiger charge is -2.05. The van der Waals surface area contributed by atoms with Crippen molar-refractivity contribution in [1.29, 1.82) is 0 Å². The number of dihydropyridines is 1. The van der Waals surface area contributed by atoms with Gasteiger partial charge in [-0.3, -0.25) is 5.73 Å². The molecule has 4 N–H and O–H groups in total. The number of rotatable bonds is 3. The number of carbonyl (C=O) groups excluding carboxylic acids is 1. The molecule has 1 amide bonds. The van der Waals surface area contributed by atoms with E-state index >= 15 is 0 Å². The molecule has 0 aliphatic carbocycles. The van der Waals surface area contributed by atoms with Crippen LogP contribution in [0.5, 0.6) is 0 Å². The predicted octanol–water partition coefficient (Wildman–Crippen LogP) is -0.422.